The summed E-state index contributed by atoms with van der Waals surface area (Å²) >= 11 is 0. The lowest BCUT2D eigenvalue weighted by Crippen LogP contribution is -2.17. The molecule has 3 heteroatoms. The van der Waals surface area contributed by atoms with Crippen LogP contribution in [0.2, 0.25) is 0 Å². The van der Waals surface area contributed by atoms with Crippen molar-refractivity contribution in [2.24, 2.45) is 4.99 Å². The fraction of sp³-hybridized carbons (Fsp3) is 0.600. The SMILES string of the molecule is C/C=N/C(=O)N(C)C. The lowest BCUT2D eigenvalue weighted by Gasteiger charge is -2.02. The first kappa shape index (κ1) is 7.14. The Hall–Kier alpha value is -0.860. The van der Waals surface area contributed by atoms with Gasteiger partial charge in [0.05, 0.1) is 0 Å². The summed E-state index contributed by atoms with van der Waals surface area (Å²) in [4.78, 5) is 15.4. The van der Waals surface area contributed by atoms with Crippen LogP contribution < -0.4 is 0 Å². The number of hydrogen-bond acceptors (Lipinski definition) is 1. The normalized spacial score (nSPS) is 9.88. The van der Waals surface area contributed by atoms with Crippen LogP contribution in [0, 0.1) is 0 Å². The van der Waals surface area contributed by atoms with Gasteiger partial charge >= 0.3 is 6.03 Å². The molecule has 2 amide bonds. The molecular formula is C5H10N2O. The maximum atomic E-state index is 10.5. The van der Waals surface area contributed by atoms with Gasteiger partial charge in [-0.1, -0.05) is 0 Å². The zero-order valence-electron chi connectivity index (χ0n) is 5.38. The number of carbonyl (C=O) groups is 1. The molecular weight excluding hydrogens is 104 g/mol. The minimum absolute atomic E-state index is 0.215. The van der Waals surface area contributed by atoms with Gasteiger partial charge in [0.15, 0.2) is 0 Å². The Bertz CT molecular complexity index is 107. The molecule has 0 heterocycles. The molecule has 0 saturated carbocycles. The summed E-state index contributed by atoms with van der Waals surface area (Å²) in [5, 5.41) is 0. The lowest BCUT2D eigenvalue weighted by atomic mass is 10.8. The fourth-order valence-corrected chi connectivity index (χ4v) is 0.226. The van der Waals surface area contributed by atoms with Crippen molar-refractivity contribution in [2.75, 3.05) is 14.1 Å². The van der Waals surface area contributed by atoms with Crippen molar-refractivity contribution in [3.05, 3.63) is 0 Å². The van der Waals surface area contributed by atoms with E-state index in [2.05, 4.69) is 4.99 Å². The molecule has 0 aliphatic rings. The van der Waals surface area contributed by atoms with Crippen molar-refractivity contribution in [1.29, 1.82) is 0 Å². The summed E-state index contributed by atoms with van der Waals surface area (Å²) in [6.07, 6.45) is 1.47. The number of amides is 2. The first-order chi connectivity index (χ1) is 3.68. The highest BCUT2D eigenvalue weighted by atomic mass is 16.2. The number of aliphatic imine (C=N–C) groups is 1. The number of urea groups is 1. The molecule has 0 unspecified atom stereocenters. The third-order valence-electron chi connectivity index (χ3n) is 0.622. The summed E-state index contributed by atoms with van der Waals surface area (Å²) in [6.45, 7) is 1.71. The minimum Gasteiger partial charge on any atom is -0.329 e. The second kappa shape index (κ2) is 3.18. The summed E-state index contributed by atoms with van der Waals surface area (Å²) in [6, 6.07) is -0.215. The minimum atomic E-state index is -0.215. The zero-order valence-corrected chi connectivity index (χ0v) is 5.38. The maximum absolute atomic E-state index is 10.5. The molecule has 0 saturated heterocycles. The number of hydrogen-bond donors (Lipinski definition) is 0. The van der Waals surface area contributed by atoms with Crippen molar-refractivity contribution in [2.45, 2.75) is 6.92 Å². The van der Waals surface area contributed by atoms with Crippen LogP contribution in [0.5, 0.6) is 0 Å². The fourth-order valence-electron chi connectivity index (χ4n) is 0.226. The Morgan fingerprint density at radius 3 is 2.25 bits per heavy atom. The van der Waals surface area contributed by atoms with E-state index >= 15 is 0 Å². The lowest BCUT2D eigenvalue weighted by molar-refractivity contribution is 0.227. The van der Waals surface area contributed by atoms with Crippen molar-refractivity contribution < 1.29 is 4.79 Å². The van der Waals surface area contributed by atoms with Gasteiger partial charge in [0.2, 0.25) is 0 Å². The van der Waals surface area contributed by atoms with E-state index in [1.165, 1.54) is 11.1 Å². The van der Waals surface area contributed by atoms with Crippen molar-refractivity contribution in [1.82, 2.24) is 4.90 Å². The highest BCUT2D eigenvalue weighted by Crippen LogP contribution is 1.80. The van der Waals surface area contributed by atoms with Crippen LogP contribution in [0.1, 0.15) is 6.92 Å². The van der Waals surface area contributed by atoms with Crippen LogP contribution >= 0.6 is 0 Å². The topological polar surface area (TPSA) is 32.7 Å². The zero-order chi connectivity index (χ0) is 6.57. The Kier molecular flexibility index (Phi) is 2.84. The van der Waals surface area contributed by atoms with E-state index in [9.17, 15) is 4.79 Å². The van der Waals surface area contributed by atoms with Crippen molar-refractivity contribution >= 4 is 12.2 Å². The second-order valence-electron chi connectivity index (χ2n) is 1.56. The molecule has 0 fully saturated rings. The van der Waals surface area contributed by atoms with E-state index in [4.69, 9.17) is 0 Å². The molecule has 0 radical (unpaired) electrons. The molecule has 0 N–H and O–H groups in total. The molecule has 0 aromatic rings. The standard InChI is InChI=1S/C5H10N2O/c1-4-6-5(8)7(2)3/h4H,1-3H3/b6-4+. The predicted molar refractivity (Wildman–Crippen MR) is 33.2 cm³/mol. The number of nitrogens with zero attached hydrogens (tertiary/aromatic N) is 2. The third-order valence-corrected chi connectivity index (χ3v) is 0.622. The average molecular weight is 114 g/mol. The number of rotatable bonds is 0. The van der Waals surface area contributed by atoms with Gasteiger partial charge in [-0.15, -0.1) is 0 Å². The van der Waals surface area contributed by atoms with Gasteiger partial charge in [-0.3, -0.25) is 0 Å². The predicted octanol–water partition coefficient (Wildman–Crippen LogP) is 0.759. The largest absolute Gasteiger partial charge is 0.342 e. The molecule has 46 valence electrons. The molecule has 0 rings (SSSR count). The average Bonchev–Trinajstić information content (AvgIpc) is 1.67. The van der Waals surface area contributed by atoms with Crippen molar-refractivity contribution in [3.63, 3.8) is 0 Å². The van der Waals surface area contributed by atoms with E-state index in [1.54, 1.807) is 21.0 Å². The van der Waals surface area contributed by atoms with Gasteiger partial charge in [-0.25, -0.2) is 9.79 Å². The Morgan fingerprint density at radius 1 is 1.62 bits per heavy atom. The summed E-state index contributed by atoms with van der Waals surface area (Å²) in [5.41, 5.74) is 0. The molecule has 0 atom stereocenters. The smallest absolute Gasteiger partial charge is 0.329 e. The van der Waals surface area contributed by atoms with Crippen molar-refractivity contribution in [3.8, 4) is 0 Å². The Balaban J connectivity index is 3.66. The van der Waals surface area contributed by atoms with Crippen LogP contribution in [-0.2, 0) is 0 Å². The maximum Gasteiger partial charge on any atom is 0.342 e. The highest BCUT2D eigenvalue weighted by Gasteiger charge is 1.94. The van der Waals surface area contributed by atoms with Crippen LogP contribution in [0.15, 0.2) is 4.99 Å². The summed E-state index contributed by atoms with van der Waals surface area (Å²) in [5.74, 6) is 0. The Labute approximate surface area is 49.0 Å². The molecule has 8 heavy (non-hydrogen) atoms. The second-order valence-corrected chi connectivity index (χ2v) is 1.56. The monoisotopic (exact) mass is 114 g/mol. The van der Waals surface area contributed by atoms with E-state index in [1.807, 2.05) is 0 Å². The quantitative estimate of drug-likeness (QED) is 0.428. The molecule has 0 aromatic heterocycles. The molecule has 0 aliphatic heterocycles. The van der Waals surface area contributed by atoms with Gasteiger partial charge < -0.3 is 4.90 Å². The number of carbonyl (C=O) groups excluding carboxylic acids is 1. The van der Waals surface area contributed by atoms with E-state index in [0.717, 1.165) is 0 Å². The van der Waals surface area contributed by atoms with Gasteiger partial charge in [0.25, 0.3) is 0 Å². The Morgan fingerprint density at radius 2 is 2.12 bits per heavy atom. The molecule has 0 aliphatic carbocycles. The van der Waals surface area contributed by atoms with Gasteiger partial charge in [0, 0.05) is 20.3 Å². The molecule has 0 spiro atoms. The van der Waals surface area contributed by atoms with E-state index in [-0.39, 0.29) is 6.03 Å². The first-order valence-electron chi connectivity index (χ1n) is 2.38. The molecule has 0 bridgehead atoms. The highest BCUT2D eigenvalue weighted by molar-refractivity contribution is 5.82. The van der Waals surface area contributed by atoms with Gasteiger partial charge in [-0.2, -0.15) is 0 Å². The molecule has 0 aromatic carbocycles. The molecule has 3 nitrogen and oxygen atoms in total. The van der Waals surface area contributed by atoms with Gasteiger partial charge in [0.1, 0.15) is 0 Å². The summed E-state index contributed by atoms with van der Waals surface area (Å²) in [7, 11) is 3.32. The first-order valence-corrected chi connectivity index (χ1v) is 2.38. The van der Waals surface area contributed by atoms with Crippen LogP contribution in [0.4, 0.5) is 4.79 Å². The van der Waals surface area contributed by atoms with Crippen LogP contribution in [0.3, 0.4) is 0 Å². The van der Waals surface area contributed by atoms with Crippen LogP contribution in [-0.4, -0.2) is 31.2 Å². The van der Waals surface area contributed by atoms with Crippen LogP contribution in [0.25, 0.3) is 0 Å². The van der Waals surface area contributed by atoms with E-state index < -0.39 is 0 Å². The summed E-state index contributed by atoms with van der Waals surface area (Å²) < 4.78 is 0. The van der Waals surface area contributed by atoms with E-state index in [0.29, 0.717) is 0 Å². The third kappa shape index (κ3) is 2.34. The van der Waals surface area contributed by atoms with Gasteiger partial charge in [-0.05, 0) is 6.92 Å².